The van der Waals surface area contributed by atoms with Crippen molar-refractivity contribution in [2.45, 2.75) is 12.0 Å². The molecule has 1 aliphatic carbocycles. The number of nitrogens with zero attached hydrogens (tertiary/aromatic N) is 1. The van der Waals surface area contributed by atoms with Gasteiger partial charge in [0, 0.05) is 0 Å². The SMILES string of the molecule is O=C(O)NC[C@H]1CN(c2ccc(C3[C@H]4CNC[C@@H]34)c(F)c2)C(=O)O1. The summed E-state index contributed by atoms with van der Waals surface area (Å²) in [5.74, 6) is 1.02. The van der Waals surface area contributed by atoms with Crippen LogP contribution >= 0.6 is 0 Å². The van der Waals surface area contributed by atoms with Gasteiger partial charge in [0.2, 0.25) is 0 Å². The Kier molecular flexibility index (Phi) is 3.56. The van der Waals surface area contributed by atoms with Crippen LogP contribution in [0.1, 0.15) is 11.5 Å². The van der Waals surface area contributed by atoms with Crippen molar-refractivity contribution in [3.8, 4) is 0 Å². The van der Waals surface area contributed by atoms with Crippen LogP contribution in [0.15, 0.2) is 18.2 Å². The quantitative estimate of drug-likeness (QED) is 0.773. The molecule has 1 saturated carbocycles. The molecule has 0 bridgehead atoms. The van der Waals surface area contributed by atoms with Crippen molar-refractivity contribution >= 4 is 17.9 Å². The van der Waals surface area contributed by atoms with Crippen LogP contribution in [0.2, 0.25) is 0 Å². The zero-order chi connectivity index (χ0) is 16.8. The summed E-state index contributed by atoms with van der Waals surface area (Å²) in [6, 6.07) is 4.85. The predicted octanol–water partition coefficient (Wildman–Crippen LogP) is 1.35. The highest BCUT2D eigenvalue weighted by molar-refractivity contribution is 5.89. The molecule has 128 valence electrons. The number of piperidine rings is 1. The molecular formula is C16H18FN3O4. The monoisotopic (exact) mass is 335 g/mol. The molecule has 8 heteroatoms. The van der Waals surface area contributed by atoms with Gasteiger partial charge >= 0.3 is 12.2 Å². The van der Waals surface area contributed by atoms with E-state index in [4.69, 9.17) is 9.84 Å². The minimum Gasteiger partial charge on any atom is -0.465 e. The summed E-state index contributed by atoms with van der Waals surface area (Å²) in [6.07, 6.45) is -2.35. The van der Waals surface area contributed by atoms with E-state index in [0.717, 1.165) is 13.1 Å². The van der Waals surface area contributed by atoms with Crippen molar-refractivity contribution in [1.82, 2.24) is 10.6 Å². The number of amides is 2. The number of ether oxygens (including phenoxy) is 1. The second-order valence-electron chi connectivity index (χ2n) is 6.52. The molecule has 4 atom stereocenters. The molecule has 0 radical (unpaired) electrons. The molecule has 7 nitrogen and oxygen atoms in total. The Labute approximate surface area is 137 Å². The van der Waals surface area contributed by atoms with Crippen molar-refractivity contribution in [2.24, 2.45) is 11.8 Å². The molecular weight excluding hydrogens is 317 g/mol. The summed E-state index contributed by atoms with van der Waals surface area (Å²) in [5, 5.41) is 14.1. The minimum atomic E-state index is -1.18. The standard InChI is InChI=1S/C16H18FN3O4/c17-13-3-8(1-2-10(13)14-11-5-18-6-12(11)14)20-7-9(24-16(20)23)4-19-15(21)22/h1-3,9,11-12,14,18-19H,4-7H2,(H,21,22)/t9-,11-,12+,14?/m0/s1. The number of hydrogen-bond acceptors (Lipinski definition) is 4. The average Bonchev–Trinajstić information content (AvgIpc) is 2.88. The Hall–Kier alpha value is -2.35. The van der Waals surface area contributed by atoms with Crippen LogP contribution in [0.4, 0.5) is 19.7 Å². The van der Waals surface area contributed by atoms with Crippen LogP contribution in [0, 0.1) is 17.7 Å². The molecule has 24 heavy (non-hydrogen) atoms. The zero-order valence-corrected chi connectivity index (χ0v) is 12.9. The molecule has 1 aromatic carbocycles. The van der Waals surface area contributed by atoms with E-state index >= 15 is 0 Å². The lowest BCUT2D eigenvalue weighted by molar-refractivity contribution is 0.136. The molecule has 3 N–H and O–H groups in total. The number of anilines is 1. The van der Waals surface area contributed by atoms with Crippen molar-refractivity contribution in [2.75, 3.05) is 31.1 Å². The van der Waals surface area contributed by atoms with Crippen molar-refractivity contribution in [3.05, 3.63) is 29.6 Å². The third-order valence-electron chi connectivity index (χ3n) is 5.10. The fourth-order valence-electron chi connectivity index (χ4n) is 3.87. The Morgan fingerprint density at radius 1 is 1.42 bits per heavy atom. The molecule has 0 aromatic heterocycles. The van der Waals surface area contributed by atoms with E-state index in [-0.39, 0.29) is 24.8 Å². The third-order valence-corrected chi connectivity index (χ3v) is 5.10. The Morgan fingerprint density at radius 3 is 2.83 bits per heavy atom. The number of carboxylic acid groups (broad SMARTS) is 1. The van der Waals surface area contributed by atoms with Gasteiger partial charge < -0.3 is 20.5 Å². The molecule has 4 rings (SSSR count). The first-order chi connectivity index (χ1) is 11.5. The van der Waals surface area contributed by atoms with Gasteiger partial charge in [0.05, 0.1) is 18.8 Å². The van der Waals surface area contributed by atoms with Crippen molar-refractivity contribution in [3.63, 3.8) is 0 Å². The van der Waals surface area contributed by atoms with Crippen molar-refractivity contribution in [1.29, 1.82) is 0 Å². The Morgan fingerprint density at radius 2 is 2.17 bits per heavy atom. The number of cyclic esters (lactones) is 1. The maximum absolute atomic E-state index is 14.5. The zero-order valence-electron chi connectivity index (χ0n) is 12.9. The summed E-state index contributed by atoms with van der Waals surface area (Å²) in [7, 11) is 0. The molecule has 2 saturated heterocycles. The average molecular weight is 335 g/mol. The van der Waals surface area contributed by atoms with Gasteiger partial charge in [0.1, 0.15) is 11.9 Å². The summed E-state index contributed by atoms with van der Waals surface area (Å²) in [6.45, 7) is 2.08. The largest absolute Gasteiger partial charge is 0.465 e. The van der Waals surface area contributed by atoms with Crippen LogP contribution in [-0.2, 0) is 4.74 Å². The second kappa shape index (κ2) is 5.62. The van der Waals surface area contributed by atoms with Gasteiger partial charge in [-0.15, -0.1) is 0 Å². The maximum Gasteiger partial charge on any atom is 0.414 e. The highest BCUT2D eigenvalue weighted by Gasteiger charge is 2.54. The highest BCUT2D eigenvalue weighted by Crippen LogP contribution is 2.56. The lowest BCUT2D eigenvalue weighted by Gasteiger charge is -2.15. The fourth-order valence-corrected chi connectivity index (χ4v) is 3.87. The highest BCUT2D eigenvalue weighted by atomic mass is 19.1. The van der Waals surface area contributed by atoms with Gasteiger partial charge in [-0.3, -0.25) is 4.90 Å². The van der Waals surface area contributed by atoms with Crippen LogP contribution in [0.25, 0.3) is 0 Å². The van der Waals surface area contributed by atoms with E-state index in [1.54, 1.807) is 12.1 Å². The molecule has 0 spiro atoms. The fraction of sp³-hybridized carbons (Fsp3) is 0.500. The van der Waals surface area contributed by atoms with Gasteiger partial charge in [-0.05, 0) is 48.5 Å². The van der Waals surface area contributed by atoms with Crippen molar-refractivity contribution < 1.29 is 23.8 Å². The van der Waals surface area contributed by atoms with Crippen LogP contribution in [-0.4, -0.2) is 49.6 Å². The molecule has 2 aliphatic heterocycles. The van der Waals surface area contributed by atoms with Crippen LogP contribution in [0.3, 0.4) is 0 Å². The topological polar surface area (TPSA) is 90.9 Å². The molecule has 3 fully saturated rings. The smallest absolute Gasteiger partial charge is 0.414 e. The number of carbonyl (C=O) groups is 2. The maximum atomic E-state index is 14.5. The summed E-state index contributed by atoms with van der Waals surface area (Å²) in [5.41, 5.74) is 1.15. The van der Waals surface area contributed by atoms with Crippen LogP contribution < -0.4 is 15.5 Å². The number of carbonyl (C=O) groups excluding carboxylic acids is 1. The number of hydrogen-bond donors (Lipinski definition) is 3. The van der Waals surface area contributed by atoms with Gasteiger partial charge in [-0.25, -0.2) is 14.0 Å². The van der Waals surface area contributed by atoms with Gasteiger partial charge in [0.15, 0.2) is 0 Å². The molecule has 1 unspecified atom stereocenters. The summed E-state index contributed by atoms with van der Waals surface area (Å²) < 4.78 is 19.6. The number of benzene rings is 1. The number of nitrogens with one attached hydrogen (secondary N) is 2. The van der Waals surface area contributed by atoms with E-state index in [0.29, 0.717) is 23.1 Å². The molecule has 3 aliphatic rings. The number of halogens is 1. The number of fused-ring (bicyclic) bond motifs is 1. The Balaban J connectivity index is 1.46. The van der Waals surface area contributed by atoms with E-state index in [1.165, 1.54) is 11.0 Å². The Bertz CT molecular complexity index is 688. The molecule has 1 aromatic rings. The molecule has 2 heterocycles. The third kappa shape index (κ3) is 2.56. The van der Waals surface area contributed by atoms with E-state index in [9.17, 15) is 14.0 Å². The van der Waals surface area contributed by atoms with E-state index in [2.05, 4.69) is 10.6 Å². The first kappa shape index (κ1) is 15.2. The van der Waals surface area contributed by atoms with E-state index < -0.39 is 18.3 Å². The van der Waals surface area contributed by atoms with Gasteiger partial charge in [-0.1, -0.05) is 6.07 Å². The van der Waals surface area contributed by atoms with Gasteiger partial charge in [0.25, 0.3) is 0 Å². The lowest BCUT2D eigenvalue weighted by atomic mass is 10.1. The number of rotatable bonds is 4. The van der Waals surface area contributed by atoms with Gasteiger partial charge in [-0.2, -0.15) is 0 Å². The first-order valence-corrected chi connectivity index (χ1v) is 7.99. The summed E-state index contributed by atoms with van der Waals surface area (Å²) in [4.78, 5) is 23.8. The lowest BCUT2D eigenvalue weighted by Crippen LogP contribution is -2.33. The predicted molar refractivity (Wildman–Crippen MR) is 82.6 cm³/mol. The van der Waals surface area contributed by atoms with E-state index in [1.807, 2.05) is 0 Å². The normalized spacial score (nSPS) is 30.9. The van der Waals surface area contributed by atoms with Crippen LogP contribution in [0.5, 0.6) is 0 Å². The minimum absolute atomic E-state index is 0.0105. The first-order valence-electron chi connectivity index (χ1n) is 7.99. The molecule has 2 amide bonds. The summed E-state index contributed by atoms with van der Waals surface area (Å²) >= 11 is 0. The second-order valence-corrected chi connectivity index (χ2v) is 6.52.